The number of halogens is 2. The average Bonchev–Trinajstić information content (AvgIpc) is 2.28. The molecule has 0 unspecified atom stereocenters. The Kier molecular flexibility index (Phi) is 4.01. The van der Waals surface area contributed by atoms with E-state index < -0.39 is 11.6 Å². The molecule has 0 atom stereocenters. The lowest BCUT2D eigenvalue weighted by atomic mass is 9.90. The van der Waals surface area contributed by atoms with Crippen molar-refractivity contribution in [1.29, 1.82) is 0 Å². The van der Waals surface area contributed by atoms with Crippen LogP contribution in [0.2, 0.25) is 0 Å². The second-order valence-corrected chi connectivity index (χ2v) is 4.65. The maximum absolute atomic E-state index is 13.9. The van der Waals surface area contributed by atoms with E-state index in [4.69, 9.17) is 10.8 Å². The summed E-state index contributed by atoms with van der Waals surface area (Å²) in [4.78, 5) is 1.80. The van der Waals surface area contributed by atoms with Crippen LogP contribution in [0.25, 0.3) is 0 Å². The highest BCUT2D eigenvalue weighted by atomic mass is 19.2. The first-order valence-electron chi connectivity index (χ1n) is 6.26. The topological polar surface area (TPSA) is 49.5 Å². The minimum atomic E-state index is -0.889. The van der Waals surface area contributed by atoms with E-state index in [1.807, 2.05) is 0 Å². The highest BCUT2D eigenvalue weighted by Gasteiger charge is 2.29. The molecule has 3 N–H and O–H groups in total. The van der Waals surface area contributed by atoms with Crippen molar-refractivity contribution in [2.45, 2.75) is 31.7 Å². The molecule has 1 aromatic rings. The van der Waals surface area contributed by atoms with Crippen molar-refractivity contribution < 1.29 is 13.9 Å². The largest absolute Gasteiger partial charge is 0.397 e. The Morgan fingerprint density at radius 1 is 1.33 bits per heavy atom. The van der Waals surface area contributed by atoms with Gasteiger partial charge in [0.1, 0.15) is 0 Å². The third-order valence-corrected chi connectivity index (χ3v) is 3.46. The lowest BCUT2D eigenvalue weighted by molar-refractivity contribution is 0.282. The molecule has 1 fully saturated rings. The molecule has 0 heterocycles. The van der Waals surface area contributed by atoms with E-state index in [-0.39, 0.29) is 24.0 Å². The number of benzene rings is 1. The molecule has 0 bridgehead atoms. The Hall–Kier alpha value is -1.36. The minimum absolute atomic E-state index is 0.0278. The summed E-state index contributed by atoms with van der Waals surface area (Å²) in [6.45, 7) is 0.520. The van der Waals surface area contributed by atoms with Crippen LogP contribution < -0.4 is 10.6 Å². The van der Waals surface area contributed by atoms with Gasteiger partial charge in [0.15, 0.2) is 11.6 Å². The average molecular weight is 256 g/mol. The first-order valence-corrected chi connectivity index (χ1v) is 6.26. The fraction of sp³-hybridized carbons (Fsp3) is 0.538. The fourth-order valence-corrected chi connectivity index (χ4v) is 2.26. The predicted octanol–water partition coefficient (Wildman–Crippen LogP) is 2.29. The molecule has 1 saturated carbocycles. The van der Waals surface area contributed by atoms with E-state index in [1.54, 1.807) is 4.90 Å². The summed E-state index contributed by atoms with van der Waals surface area (Å²) < 4.78 is 27.2. The van der Waals surface area contributed by atoms with Gasteiger partial charge < -0.3 is 15.7 Å². The zero-order chi connectivity index (χ0) is 13.1. The van der Waals surface area contributed by atoms with Gasteiger partial charge in [0, 0.05) is 19.2 Å². The maximum Gasteiger partial charge on any atom is 0.184 e. The van der Waals surface area contributed by atoms with E-state index in [0.717, 1.165) is 25.3 Å². The molecule has 0 spiro atoms. The molecule has 1 aliphatic rings. The van der Waals surface area contributed by atoms with Crippen LogP contribution in [0.5, 0.6) is 0 Å². The van der Waals surface area contributed by atoms with Gasteiger partial charge in [-0.1, -0.05) is 0 Å². The van der Waals surface area contributed by atoms with Crippen molar-refractivity contribution in [2.75, 3.05) is 23.8 Å². The Bertz CT molecular complexity index is 422. The van der Waals surface area contributed by atoms with E-state index >= 15 is 0 Å². The van der Waals surface area contributed by atoms with E-state index in [0.29, 0.717) is 13.0 Å². The van der Waals surface area contributed by atoms with Gasteiger partial charge in [-0.15, -0.1) is 0 Å². The third kappa shape index (κ3) is 2.41. The van der Waals surface area contributed by atoms with Gasteiger partial charge in [-0.2, -0.15) is 0 Å². The van der Waals surface area contributed by atoms with Crippen LogP contribution in [0.3, 0.4) is 0 Å². The molecule has 18 heavy (non-hydrogen) atoms. The number of hydrogen-bond acceptors (Lipinski definition) is 3. The Labute approximate surface area is 105 Å². The molecule has 2 rings (SSSR count). The van der Waals surface area contributed by atoms with Crippen LogP contribution in [-0.4, -0.2) is 24.3 Å². The number of hydrogen-bond donors (Lipinski definition) is 2. The number of nitrogens with zero attached hydrogens (tertiary/aromatic N) is 1. The summed E-state index contributed by atoms with van der Waals surface area (Å²) in [6.07, 6.45) is 3.53. The molecule has 0 saturated heterocycles. The van der Waals surface area contributed by atoms with Gasteiger partial charge in [-0.3, -0.25) is 0 Å². The van der Waals surface area contributed by atoms with Crippen molar-refractivity contribution >= 4 is 11.4 Å². The van der Waals surface area contributed by atoms with Crippen molar-refractivity contribution in [2.24, 2.45) is 0 Å². The summed E-state index contributed by atoms with van der Waals surface area (Å²) in [6, 6.07) is 2.63. The minimum Gasteiger partial charge on any atom is -0.397 e. The predicted molar refractivity (Wildman–Crippen MR) is 67.5 cm³/mol. The zero-order valence-electron chi connectivity index (χ0n) is 10.2. The summed E-state index contributed by atoms with van der Waals surface area (Å²) >= 11 is 0. The number of nitrogens with two attached hydrogens (primary N) is 1. The fourth-order valence-electron chi connectivity index (χ4n) is 2.26. The first-order chi connectivity index (χ1) is 8.65. The number of nitrogen functional groups attached to an aromatic ring is 1. The SMILES string of the molecule is Nc1ccc(F)c(F)c1N(CCCO)C1CCC1. The highest BCUT2D eigenvalue weighted by Crippen LogP contribution is 2.35. The Balaban J connectivity index is 2.31. The van der Waals surface area contributed by atoms with Gasteiger partial charge >= 0.3 is 0 Å². The molecule has 5 heteroatoms. The standard InChI is InChI=1S/C13H18F2N2O/c14-10-5-6-11(16)13(12(10)15)17(7-2-8-18)9-3-1-4-9/h5-6,9,18H,1-4,7-8,16H2. The third-order valence-electron chi connectivity index (χ3n) is 3.46. The molecule has 3 nitrogen and oxygen atoms in total. The maximum atomic E-state index is 13.9. The number of aliphatic hydroxyl groups excluding tert-OH is 1. The first kappa shape index (κ1) is 13.1. The van der Waals surface area contributed by atoms with Crippen molar-refractivity contribution in [3.8, 4) is 0 Å². The molecule has 1 aliphatic carbocycles. The Morgan fingerprint density at radius 2 is 2.06 bits per heavy atom. The summed E-state index contributed by atoms with van der Waals surface area (Å²) in [7, 11) is 0. The lowest BCUT2D eigenvalue weighted by Crippen LogP contribution is -2.42. The van der Waals surface area contributed by atoms with Crippen LogP contribution in [0.15, 0.2) is 12.1 Å². The smallest absolute Gasteiger partial charge is 0.184 e. The molecular formula is C13H18F2N2O. The van der Waals surface area contributed by atoms with E-state index in [1.165, 1.54) is 6.07 Å². The molecule has 100 valence electrons. The number of aliphatic hydroxyl groups is 1. The molecule has 0 radical (unpaired) electrons. The Morgan fingerprint density at radius 3 is 2.61 bits per heavy atom. The summed E-state index contributed by atoms with van der Waals surface area (Å²) in [5.74, 6) is -1.77. The van der Waals surface area contributed by atoms with Crippen molar-refractivity contribution in [3.63, 3.8) is 0 Å². The van der Waals surface area contributed by atoms with Crippen molar-refractivity contribution in [1.82, 2.24) is 0 Å². The van der Waals surface area contributed by atoms with Gasteiger partial charge in [-0.05, 0) is 37.8 Å². The van der Waals surface area contributed by atoms with Gasteiger partial charge in [0.05, 0.1) is 11.4 Å². The number of anilines is 2. The second kappa shape index (κ2) is 5.52. The quantitative estimate of drug-likeness (QED) is 0.795. The highest BCUT2D eigenvalue weighted by molar-refractivity contribution is 5.69. The van der Waals surface area contributed by atoms with Gasteiger partial charge in [-0.25, -0.2) is 8.78 Å². The van der Waals surface area contributed by atoms with Gasteiger partial charge in [0.25, 0.3) is 0 Å². The number of rotatable bonds is 5. The van der Waals surface area contributed by atoms with Crippen LogP contribution in [0.4, 0.5) is 20.2 Å². The molecular weight excluding hydrogens is 238 g/mol. The van der Waals surface area contributed by atoms with Crippen LogP contribution >= 0.6 is 0 Å². The monoisotopic (exact) mass is 256 g/mol. The zero-order valence-corrected chi connectivity index (χ0v) is 10.2. The second-order valence-electron chi connectivity index (χ2n) is 4.65. The molecule has 0 amide bonds. The lowest BCUT2D eigenvalue weighted by Gasteiger charge is -2.40. The molecule has 0 aliphatic heterocycles. The summed E-state index contributed by atoms with van der Waals surface area (Å²) in [5.41, 5.74) is 6.16. The van der Waals surface area contributed by atoms with Crippen molar-refractivity contribution in [3.05, 3.63) is 23.8 Å². The summed E-state index contributed by atoms with van der Waals surface area (Å²) in [5, 5.41) is 8.90. The molecule has 0 aromatic heterocycles. The van der Waals surface area contributed by atoms with Crippen LogP contribution in [-0.2, 0) is 0 Å². The van der Waals surface area contributed by atoms with Crippen LogP contribution in [0.1, 0.15) is 25.7 Å². The van der Waals surface area contributed by atoms with Crippen LogP contribution in [0, 0.1) is 11.6 Å². The van der Waals surface area contributed by atoms with E-state index in [2.05, 4.69) is 0 Å². The van der Waals surface area contributed by atoms with E-state index in [9.17, 15) is 8.78 Å². The molecule has 1 aromatic carbocycles. The van der Waals surface area contributed by atoms with Gasteiger partial charge in [0.2, 0.25) is 0 Å². The normalized spacial score (nSPS) is 15.5.